The summed E-state index contributed by atoms with van der Waals surface area (Å²) in [5.74, 6) is 0.780. The number of carbonyl (C=O) groups excluding carboxylic acids is 1. The van der Waals surface area contributed by atoms with Crippen molar-refractivity contribution in [2.75, 3.05) is 14.2 Å². The molecule has 30 heavy (non-hydrogen) atoms. The van der Waals surface area contributed by atoms with Gasteiger partial charge in [0.05, 0.1) is 25.6 Å². The number of methoxy groups -OCH3 is 2. The van der Waals surface area contributed by atoms with Crippen LogP contribution >= 0.6 is 0 Å². The first-order valence-corrected chi connectivity index (χ1v) is 8.91. The maximum absolute atomic E-state index is 11.8. The molecule has 2 aromatic carbocycles. The van der Waals surface area contributed by atoms with Crippen LogP contribution in [0.5, 0.6) is 23.0 Å². The van der Waals surface area contributed by atoms with Crippen LogP contribution < -0.4 is 15.2 Å². The lowest BCUT2D eigenvalue weighted by Gasteiger charge is -2.03. The number of aromatic nitrogens is 2. The lowest BCUT2D eigenvalue weighted by molar-refractivity contribution is 0.247. The fraction of sp³-hybridized carbons (Fsp3) is 0.0909. The van der Waals surface area contributed by atoms with Gasteiger partial charge in [0.15, 0.2) is 23.0 Å². The molecule has 8 heteroatoms. The maximum atomic E-state index is 11.8. The monoisotopic (exact) mass is 407 g/mol. The van der Waals surface area contributed by atoms with Gasteiger partial charge >= 0.3 is 6.03 Å². The average molecular weight is 407 g/mol. The second-order valence-corrected chi connectivity index (χ2v) is 6.27. The predicted molar refractivity (Wildman–Crippen MR) is 114 cm³/mol. The van der Waals surface area contributed by atoms with Crippen LogP contribution in [0.2, 0.25) is 0 Å². The number of benzene rings is 2. The van der Waals surface area contributed by atoms with Gasteiger partial charge in [0.25, 0.3) is 0 Å². The van der Waals surface area contributed by atoms with Crippen LogP contribution in [0.4, 0.5) is 4.79 Å². The Morgan fingerprint density at radius 1 is 0.900 bits per heavy atom. The van der Waals surface area contributed by atoms with E-state index in [1.165, 1.54) is 26.4 Å². The van der Waals surface area contributed by atoms with Crippen LogP contribution in [0.3, 0.4) is 0 Å². The minimum Gasteiger partial charge on any atom is -0.504 e. The van der Waals surface area contributed by atoms with E-state index in [4.69, 9.17) is 15.2 Å². The highest BCUT2D eigenvalue weighted by atomic mass is 16.5. The topological polar surface area (TPSA) is 120 Å². The van der Waals surface area contributed by atoms with Gasteiger partial charge in [-0.05, 0) is 53.6 Å². The van der Waals surface area contributed by atoms with Gasteiger partial charge in [-0.3, -0.25) is 0 Å². The summed E-state index contributed by atoms with van der Waals surface area (Å²) >= 11 is 0. The Hall–Kier alpha value is -4.20. The molecule has 1 amide bonds. The Balaban J connectivity index is 1.87. The van der Waals surface area contributed by atoms with E-state index in [1.807, 2.05) is 0 Å². The van der Waals surface area contributed by atoms with E-state index in [9.17, 15) is 15.0 Å². The van der Waals surface area contributed by atoms with E-state index in [0.717, 1.165) is 15.8 Å². The van der Waals surface area contributed by atoms with E-state index < -0.39 is 6.03 Å². The highest BCUT2D eigenvalue weighted by Gasteiger charge is 2.09. The number of phenolic OH excluding ortho intramolecular Hbond substituents is 2. The lowest BCUT2D eigenvalue weighted by atomic mass is 10.1. The second kappa shape index (κ2) is 8.87. The molecule has 154 valence electrons. The van der Waals surface area contributed by atoms with E-state index in [-0.39, 0.29) is 11.5 Å². The van der Waals surface area contributed by atoms with Crippen LogP contribution in [0, 0.1) is 0 Å². The number of amides is 1. The first kappa shape index (κ1) is 20.5. The number of aromatic hydroxyl groups is 2. The van der Waals surface area contributed by atoms with Gasteiger partial charge in [0.1, 0.15) is 0 Å². The summed E-state index contributed by atoms with van der Waals surface area (Å²) in [6.45, 7) is 0. The van der Waals surface area contributed by atoms with Crippen molar-refractivity contribution >= 4 is 30.3 Å². The van der Waals surface area contributed by atoms with E-state index in [2.05, 4.69) is 5.10 Å². The van der Waals surface area contributed by atoms with Crippen LogP contribution in [0.15, 0.2) is 42.5 Å². The molecule has 0 saturated carbocycles. The summed E-state index contributed by atoms with van der Waals surface area (Å²) in [4.78, 5) is 11.8. The van der Waals surface area contributed by atoms with Gasteiger partial charge in [-0.2, -0.15) is 9.78 Å². The molecule has 3 rings (SSSR count). The summed E-state index contributed by atoms with van der Waals surface area (Å²) < 4.78 is 11.3. The van der Waals surface area contributed by atoms with Crippen molar-refractivity contribution in [2.24, 2.45) is 5.73 Å². The minimum absolute atomic E-state index is 0.0371. The molecule has 0 radical (unpaired) electrons. The fourth-order valence-corrected chi connectivity index (χ4v) is 2.75. The van der Waals surface area contributed by atoms with Crippen molar-refractivity contribution in [2.45, 2.75) is 0 Å². The molecule has 1 aromatic heterocycles. The molecule has 0 saturated heterocycles. The van der Waals surface area contributed by atoms with Crippen molar-refractivity contribution in [1.82, 2.24) is 9.78 Å². The summed E-state index contributed by atoms with van der Waals surface area (Å²) in [7, 11) is 2.94. The van der Waals surface area contributed by atoms with E-state index in [0.29, 0.717) is 22.9 Å². The number of nitrogens with two attached hydrogens (primary N) is 1. The van der Waals surface area contributed by atoms with Crippen molar-refractivity contribution in [3.05, 3.63) is 65.0 Å². The third-order valence-corrected chi connectivity index (χ3v) is 4.27. The van der Waals surface area contributed by atoms with Crippen molar-refractivity contribution in [3.63, 3.8) is 0 Å². The zero-order valence-corrected chi connectivity index (χ0v) is 16.4. The average Bonchev–Trinajstić information content (AvgIpc) is 3.16. The molecule has 0 aliphatic rings. The summed E-state index contributed by atoms with van der Waals surface area (Å²) in [6, 6.07) is 10.8. The molecule has 0 bridgehead atoms. The molecule has 0 fully saturated rings. The number of hydrogen-bond donors (Lipinski definition) is 3. The van der Waals surface area contributed by atoms with Gasteiger partial charge in [-0.25, -0.2) is 4.79 Å². The smallest absolute Gasteiger partial charge is 0.340 e. The quantitative estimate of drug-likeness (QED) is 0.574. The summed E-state index contributed by atoms with van der Waals surface area (Å²) in [5, 5.41) is 23.6. The maximum Gasteiger partial charge on any atom is 0.340 e. The molecular formula is C22H21N3O5. The Morgan fingerprint density at radius 3 is 1.93 bits per heavy atom. The first-order valence-electron chi connectivity index (χ1n) is 8.91. The number of rotatable bonds is 6. The summed E-state index contributed by atoms with van der Waals surface area (Å²) in [6.07, 6.45) is 6.92. The Morgan fingerprint density at radius 2 is 1.43 bits per heavy atom. The first-order chi connectivity index (χ1) is 14.4. The van der Waals surface area contributed by atoms with Crippen LogP contribution in [-0.2, 0) is 0 Å². The van der Waals surface area contributed by atoms with Gasteiger partial charge in [-0.15, -0.1) is 0 Å². The number of ether oxygens (including phenoxy) is 2. The van der Waals surface area contributed by atoms with Gasteiger partial charge < -0.3 is 25.4 Å². The molecule has 8 nitrogen and oxygen atoms in total. The molecule has 0 atom stereocenters. The third kappa shape index (κ3) is 4.61. The predicted octanol–water partition coefficient (Wildman–Crippen LogP) is 3.58. The molecule has 0 aliphatic carbocycles. The van der Waals surface area contributed by atoms with Gasteiger partial charge in [0, 0.05) is 0 Å². The zero-order valence-electron chi connectivity index (χ0n) is 16.4. The van der Waals surface area contributed by atoms with Crippen molar-refractivity contribution in [3.8, 4) is 23.0 Å². The fourth-order valence-electron chi connectivity index (χ4n) is 2.75. The Kier molecular flexibility index (Phi) is 6.07. The van der Waals surface area contributed by atoms with Gasteiger partial charge in [0.2, 0.25) is 0 Å². The largest absolute Gasteiger partial charge is 0.504 e. The molecule has 1 heterocycles. The van der Waals surface area contributed by atoms with Crippen LogP contribution in [0.25, 0.3) is 24.3 Å². The number of phenols is 2. The van der Waals surface area contributed by atoms with E-state index in [1.54, 1.807) is 54.6 Å². The molecule has 4 N–H and O–H groups in total. The standard InChI is InChI=1S/C22H21N3O5/c1-29-20-11-14(5-9-18(20)26)3-7-16-13-17(25(24-16)22(23)28)8-4-15-6-10-19(27)21(12-15)30-2/h3-13,26-27H,1-2H3,(H2,23,28)/b7-3+,8-4+. The number of nitrogens with zero attached hydrogens (tertiary/aromatic N) is 2. The Bertz CT molecular complexity index is 1130. The molecular weight excluding hydrogens is 386 g/mol. The van der Waals surface area contributed by atoms with Gasteiger partial charge in [-0.1, -0.05) is 24.3 Å². The lowest BCUT2D eigenvalue weighted by Crippen LogP contribution is -2.21. The summed E-state index contributed by atoms with van der Waals surface area (Å²) in [5.41, 5.74) is 7.97. The number of hydrogen-bond acceptors (Lipinski definition) is 6. The molecule has 0 spiro atoms. The van der Waals surface area contributed by atoms with Crippen LogP contribution in [-0.4, -0.2) is 40.2 Å². The van der Waals surface area contributed by atoms with Crippen molar-refractivity contribution in [1.29, 1.82) is 0 Å². The zero-order chi connectivity index (χ0) is 21.7. The SMILES string of the molecule is COc1cc(/C=C/c2cc(/C=C/c3ccc(O)c(OC)c3)n(C(N)=O)n2)ccc1O. The molecule has 3 aromatic rings. The van der Waals surface area contributed by atoms with E-state index >= 15 is 0 Å². The third-order valence-electron chi connectivity index (χ3n) is 4.27. The minimum atomic E-state index is -0.719. The normalized spacial score (nSPS) is 11.3. The highest BCUT2D eigenvalue weighted by Crippen LogP contribution is 2.28. The molecule has 0 aliphatic heterocycles. The molecule has 0 unspecified atom stereocenters. The van der Waals surface area contributed by atoms with Crippen molar-refractivity contribution < 1.29 is 24.5 Å². The van der Waals surface area contributed by atoms with Crippen LogP contribution in [0.1, 0.15) is 22.5 Å². The highest BCUT2D eigenvalue weighted by molar-refractivity contribution is 5.81. The Labute approximate surface area is 173 Å². The second-order valence-electron chi connectivity index (χ2n) is 6.27. The number of carbonyl (C=O) groups is 1. The number of primary amides is 1.